The molecule has 1 N–H and O–H groups in total. The van der Waals surface area contributed by atoms with Crippen LogP contribution in [0.15, 0.2) is 48.6 Å². The number of ether oxygens (including phenoxy) is 2. The predicted octanol–water partition coefficient (Wildman–Crippen LogP) is 4.53. The summed E-state index contributed by atoms with van der Waals surface area (Å²) in [6, 6.07) is 11.6. The van der Waals surface area contributed by atoms with Crippen LogP contribution in [0.5, 0.6) is 5.75 Å². The average molecular weight is 845 g/mol. The minimum absolute atomic E-state index is 0.0945. The molecule has 3 fully saturated rings. The van der Waals surface area contributed by atoms with Crippen LogP contribution in [0.3, 0.4) is 0 Å². The normalized spacial score (nSPS) is 34.4. The SMILES string of the molecule is CO[C@]1(CN2CCN3CCN(S(C)(=O)=O)CC3C2)/C=C/C[C@H](C)[C@@H](C)S(=O)(=O)NC(=O)c2ccc3c(c2)N(C[C@@H]2CC[C@H]21)C[C@@]1(CCCc2cc(Cl)ccc21)CO3. The standard InChI is InChI=1S/C42H58ClN5O7S2/c1-29-7-5-16-42(54-3,27-45-17-18-46-19-20-48(56(4,50)51)25-35(46)24-45)37-12-9-33(37)23-47-26-41(15-6-8-31-21-34(43)11-13-36(31)41)28-55-39-14-10-32(22-38(39)47)40(49)44-57(52,53)30(29)2/h5,10-11,13-14,16,21-22,29-30,33,35,37H,6-9,12,15,17-20,23-28H2,1-4H3,(H,44,49)/b16-5+/t29-,30+,33-,35?,37+,41-,42-/m0/s1. The summed E-state index contributed by atoms with van der Waals surface area (Å²) in [6.45, 7) is 10.2. The van der Waals surface area contributed by atoms with Crippen LogP contribution in [-0.4, -0.2) is 133 Å². The van der Waals surface area contributed by atoms with Gasteiger partial charge in [0.1, 0.15) is 11.4 Å². The van der Waals surface area contributed by atoms with Crippen molar-refractivity contribution in [3.05, 3.63) is 70.3 Å². The first kappa shape index (κ1) is 41.0. The van der Waals surface area contributed by atoms with Crippen LogP contribution < -0.4 is 14.4 Å². The molecule has 0 radical (unpaired) electrons. The fraction of sp³-hybridized carbons (Fsp3) is 0.643. The molecule has 4 aliphatic heterocycles. The molecule has 1 unspecified atom stereocenters. The number of nitrogens with zero attached hydrogens (tertiary/aromatic N) is 4. The maximum absolute atomic E-state index is 13.7. The van der Waals surface area contributed by atoms with Crippen LogP contribution in [0, 0.1) is 17.8 Å². The summed E-state index contributed by atoms with van der Waals surface area (Å²) < 4.78 is 69.8. The fourth-order valence-corrected chi connectivity index (χ4v) is 12.9. The summed E-state index contributed by atoms with van der Waals surface area (Å²) in [5.74, 6) is 0.169. The van der Waals surface area contributed by atoms with Crippen LogP contribution in [0.1, 0.15) is 67.4 Å². The molecule has 1 amide bonds. The number of nitrogens with one attached hydrogen (secondary N) is 1. The first-order chi connectivity index (χ1) is 27.1. The van der Waals surface area contributed by atoms with Gasteiger partial charge in [0.25, 0.3) is 5.91 Å². The summed E-state index contributed by atoms with van der Waals surface area (Å²) in [4.78, 5) is 21.0. The van der Waals surface area contributed by atoms with Gasteiger partial charge in [-0.05, 0) is 105 Å². The van der Waals surface area contributed by atoms with Gasteiger partial charge >= 0.3 is 0 Å². The highest BCUT2D eigenvalue weighted by atomic mass is 35.5. The van der Waals surface area contributed by atoms with Crippen molar-refractivity contribution in [1.29, 1.82) is 0 Å². The van der Waals surface area contributed by atoms with Crippen molar-refractivity contribution in [1.82, 2.24) is 18.8 Å². The van der Waals surface area contributed by atoms with E-state index in [9.17, 15) is 21.6 Å². The highest BCUT2D eigenvalue weighted by molar-refractivity contribution is 7.90. The van der Waals surface area contributed by atoms with Gasteiger partial charge in [-0.1, -0.05) is 36.7 Å². The molecule has 12 nitrogen and oxygen atoms in total. The van der Waals surface area contributed by atoms with E-state index in [4.69, 9.17) is 21.1 Å². The molecule has 15 heteroatoms. The third-order valence-electron chi connectivity index (χ3n) is 14.3. The summed E-state index contributed by atoms with van der Waals surface area (Å²) in [5.41, 5.74) is 2.58. The number of carbonyl (C=O) groups excluding carboxylic acids is 1. The van der Waals surface area contributed by atoms with Crippen LogP contribution in [0.25, 0.3) is 0 Å². The van der Waals surface area contributed by atoms with Crippen LogP contribution in [-0.2, 0) is 36.6 Å². The van der Waals surface area contributed by atoms with E-state index in [2.05, 4.69) is 43.7 Å². The number of hydrogen-bond donors (Lipinski definition) is 1. The lowest BCUT2D eigenvalue weighted by atomic mass is 9.63. The molecule has 2 aromatic carbocycles. The molecule has 8 rings (SSSR count). The molecular formula is C42H58ClN5O7S2. The number of aryl methyl sites for hydroxylation is 1. The topological polar surface area (TPSA) is 129 Å². The number of carbonyl (C=O) groups is 1. The molecule has 4 heterocycles. The minimum atomic E-state index is -4.01. The third kappa shape index (κ3) is 8.01. The molecule has 57 heavy (non-hydrogen) atoms. The van der Waals surface area contributed by atoms with Crippen molar-refractivity contribution in [2.75, 3.05) is 83.8 Å². The van der Waals surface area contributed by atoms with Gasteiger partial charge in [-0.2, -0.15) is 4.31 Å². The van der Waals surface area contributed by atoms with Crippen molar-refractivity contribution in [3.63, 3.8) is 0 Å². The maximum Gasteiger partial charge on any atom is 0.264 e. The number of benzene rings is 2. The highest BCUT2D eigenvalue weighted by Crippen LogP contribution is 2.49. The number of anilines is 1. The van der Waals surface area contributed by atoms with Crippen molar-refractivity contribution in [2.45, 2.75) is 74.7 Å². The summed E-state index contributed by atoms with van der Waals surface area (Å²) in [5, 5.41) is -0.105. The Morgan fingerprint density at radius 3 is 2.60 bits per heavy atom. The Labute approximate surface area is 344 Å². The Morgan fingerprint density at radius 2 is 1.84 bits per heavy atom. The van der Waals surface area contributed by atoms with E-state index in [1.54, 1.807) is 24.4 Å². The average Bonchev–Trinajstić information content (AvgIpc) is 3.31. The molecule has 1 saturated carbocycles. The molecule has 2 saturated heterocycles. The second kappa shape index (κ2) is 15.7. The second-order valence-corrected chi connectivity index (χ2v) is 22.2. The van der Waals surface area contributed by atoms with Crippen LogP contribution in [0.2, 0.25) is 5.02 Å². The number of sulfonamides is 2. The third-order valence-corrected chi connectivity index (χ3v) is 17.7. The lowest BCUT2D eigenvalue weighted by Crippen LogP contribution is -2.65. The monoisotopic (exact) mass is 843 g/mol. The van der Waals surface area contributed by atoms with E-state index in [0.717, 1.165) is 69.0 Å². The summed E-state index contributed by atoms with van der Waals surface area (Å²) >= 11 is 6.51. The van der Waals surface area contributed by atoms with Crippen LogP contribution >= 0.6 is 11.6 Å². The first-order valence-corrected chi connectivity index (χ1v) is 24.4. The number of allylic oxidation sites excluding steroid dienone is 1. The fourth-order valence-electron chi connectivity index (χ4n) is 10.6. The largest absolute Gasteiger partial charge is 0.490 e. The zero-order chi connectivity index (χ0) is 40.3. The molecule has 0 aromatic heterocycles. The lowest BCUT2D eigenvalue weighted by molar-refractivity contribution is -0.101. The molecule has 312 valence electrons. The summed E-state index contributed by atoms with van der Waals surface area (Å²) in [7, 11) is -5.50. The van der Waals surface area contributed by atoms with Gasteiger partial charge in [-0.15, -0.1) is 0 Å². The van der Waals surface area contributed by atoms with Crippen LogP contribution in [0.4, 0.5) is 5.69 Å². The van der Waals surface area contributed by atoms with E-state index in [1.165, 1.54) is 17.4 Å². The zero-order valence-corrected chi connectivity index (χ0v) is 36.0. The van der Waals surface area contributed by atoms with Crippen molar-refractivity contribution < 1.29 is 31.1 Å². The lowest BCUT2D eigenvalue weighted by Gasteiger charge is -2.53. The Hall–Kier alpha value is -2.72. The van der Waals surface area contributed by atoms with Gasteiger partial charge in [0.05, 0.1) is 23.8 Å². The number of hydrogen-bond acceptors (Lipinski definition) is 10. The van der Waals surface area contributed by atoms with Crippen molar-refractivity contribution in [2.24, 2.45) is 17.8 Å². The molecule has 6 aliphatic rings. The van der Waals surface area contributed by atoms with Gasteiger partial charge in [0.15, 0.2) is 0 Å². The maximum atomic E-state index is 13.7. The quantitative estimate of drug-likeness (QED) is 0.439. The smallest absolute Gasteiger partial charge is 0.264 e. The van der Waals surface area contributed by atoms with E-state index in [-0.39, 0.29) is 34.8 Å². The predicted molar refractivity (Wildman–Crippen MR) is 223 cm³/mol. The number of fused-ring (bicyclic) bond motifs is 5. The van der Waals surface area contributed by atoms with Crippen molar-refractivity contribution in [3.8, 4) is 5.75 Å². The molecule has 2 bridgehead atoms. The molecule has 2 aliphatic carbocycles. The number of halogens is 1. The Kier molecular flexibility index (Phi) is 11.3. The molecule has 7 atom stereocenters. The minimum Gasteiger partial charge on any atom is -0.490 e. The van der Waals surface area contributed by atoms with Crippen molar-refractivity contribution >= 4 is 43.2 Å². The summed E-state index contributed by atoms with van der Waals surface area (Å²) in [6.07, 6.45) is 11.0. The Morgan fingerprint density at radius 1 is 1.04 bits per heavy atom. The molecular weight excluding hydrogens is 786 g/mol. The van der Waals surface area contributed by atoms with E-state index >= 15 is 0 Å². The van der Waals surface area contributed by atoms with E-state index in [0.29, 0.717) is 51.5 Å². The van der Waals surface area contributed by atoms with Gasteiger partial charge in [-0.3, -0.25) is 14.6 Å². The van der Waals surface area contributed by atoms with Gasteiger partial charge in [-0.25, -0.2) is 21.6 Å². The molecule has 1 spiro atoms. The van der Waals surface area contributed by atoms with Gasteiger partial charge in [0.2, 0.25) is 20.0 Å². The van der Waals surface area contributed by atoms with Gasteiger partial charge < -0.3 is 14.4 Å². The number of piperazine rings is 2. The zero-order valence-electron chi connectivity index (χ0n) is 33.7. The number of amides is 1. The Bertz CT molecular complexity index is 2120. The highest BCUT2D eigenvalue weighted by Gasteiger charge is 2.50. The molecule has 2 aromatic rings. The number of methoxy groups -OCH3 is 1. The van der Waals surface area contributed by atoms with Gasteiger partial charge in [0, 0.05) is 88.1 Å². The second-order valence-electron chi connectivity index (χ2n) is 17.7. The first-order valence-electron chi connectivity index (χ1n) is 20.6. The van der Waals surface area contributed by atoms with E-state index < -0.39 is 36.8 Å². The van der Waals surface area contributed by atoms with E-state index in [1.807, 2.05) is 25.1 Å². The Balaban J connectivity index is 1.17. The number of rotatable bonds is 4.